The molecule has 0 aliphatic rings. The summed E-state index contributed by atoms with van der Waals surface area (Å²) in [6, 6.07) is 13.1. The highest BCUT2D eigenvalue weighted by molar-refractivity contribution is 6.35. The Bertz CT molecular complexity index is 1090. The number of ether oxygens (including phenoxy) is 1. The lowest BCUT2D eigenvalue weighted by Crippen LogP contribution is -2.29. The molecule has 1 N–H and O–H groups in total. The number of nitrogens with zero attached hydrogens (tertiary/aromatic N) is 1. The van der Waals surface area contributed by atoms with Crippen molar-refractivity contribution in [2.24, 2.45) is 0 Å². The van der Waals surface area contributed by atoms with Crippen LogP contribution in [0.25, 0.3) is 10.9 Å². The fourth-order valence-electron chi connectivity index (χ4n) is 3.15. The third kappa shape index (κ3) is 5.33. The fraction of sp³-hybridized carbons (Fsp3) is 0.261. The van der Waals surface area contributed by atoms with Gasteiger partial charge in [-0.05, 0) is 43.7 Å². The maximum atomic E-state index is 11.6. The van der Waals surface area contributed by atoms with Crippen LogP contribution < -0.4 is 0 Å². The first-order chi connectivity index (χ1) is 13.8. The van der Waals surface area contributed by atoms with Gasteiger partial charge in [0, 0.05) is 34.1 Å². The summed E-state index contributed by atoms with van der Waals surface area (Å²) in [5.41, 5.74) is 2.62. The number of aliphatic carboxylic acids is 1. The van der Waals surface area contributed by atoms with Crippen molar-refractivity contribution in [1.29, 1.82) is 0 Å². The monoisotopic (exact) mass is 429 g/mol. The van der Waals surface area contributed by atoms with Crippen LogP contribution in [0.5, 0.6) is 0 Å². The van der Waals surface area contributed by atoms with Crippen molar-refractivity contribution in [3.63, 3.8) is 0 Å². The lowest BCUT2D eigenvalue weighted by molar-refractivity contribution is -0.153. The third-order valence-corrected chi connectivity index (χ3v) is 4.94. The minimum absolute atomic E-state index is 0.167. The standard InChI is InChI=1S/C23H21Cl2NO3/c1-15(2)29-22(23(27)28)12-17-14-26(21-8-4-3-7-19(17)21)11-5-6-16-9-10-18(24)13-20(16)25/h3-4,7-10,13-15,22H,11-12H2,1-2H3,(H,27,28). The number of carboxylic acids is 1. The topological polar surface area (TPSA) is 51.5 Å². The first kappa shape index (κ1) is 21.3. The summed E-state index contributed by atoms with van der Waals surface area (Å²) in [5, 5.41) is 11.6. The third-order valence-electron chi connectivity index (χ3n) is 4.39. The van der Waals surface area contributed by atoms with E-state index in [1.807, 2.05) is 48.9 Å². The van der Waals surface area contributed by atoms with Gasteiger partial charge >= 0.3 is 5.97 Å². The van der Waals surface area contributed by atoms with Gasteiger partial charge in [-0.25, -0.2) is 4.79 Å². The minimum atomic E-state index is -0.965. The lowest BCUT2D eigenvalue weighted by Gasteiger charge is -2.16. The molecule has 4 nitrogen and oxygen atoms in total. The van der Waals surface area contributed by atoms with E-state index in [-0.39, 0.29) is 12.5 Å². The Hall–Kier alpha value is -2.45. The highest BCUT2D eigenvalue weighted by atomic mass is 35.5. The van der Waals surface area contributed by atoms with E-state index in [1.165, 1.54) is 0 Å². The number of para-hydroxylation sites is 1. The highest BCUT2D eigenvalue weighted by Gasteiger charge is 2.22. The molecular formula is C23H21Cl2NO3. The van der Waals surface area contributed by atoms with E-state index < -0.39 is 12.1 Å². The average molecular weight is 430 g/mol. The number of carboxylic acid groups (broad SMARTS) is 1. The highest BCUT2D eigenvalue weighted by Crippen LogP contribution is 2.24. The maximum absolute atomic E-state index is 11.6. The molecule has 3 aromatic rings. The van der Waals surface area contributed by atoms with Crippen LogP contribution in [0.2, 0.25) is 10.0 Å². The molecule has 150 valence electrons. The zero-order valence-corrected chi connectivity index (χ0v) is 17.7. The van der Waals surface area contributed by atoms with E-state index in [1.54, 1.807) is 18.2 Å². The maximum Gasteiger partial charge on any atom is 0.333 e. The van der Waals surface area contributed by atoms with Gasteiger partial charge in [0.1, 0.15) is 0 Å². The summed E-state index contributed by atoms with van der Waals surface area (Å²) in [6.07, 6.45) is 1.17. The minimum Gasteiger partial charge on any atom is -0.479 e. The lowest BCUT2D eigenvalue weighted by atomic mass is 10.1. The molecule has 1 atom stereocenters. The van der Waals surface area contributed by atoms with Gasteiger partial charge in [0.15, 0.2) is 6.10 Å². The second-order valence-electron chi connectivity index (χ2n) is 6.94. The molecule has 1 heterocycles. The molecule has 0 amide bonds. The van der Waals surface area contributed by atoms with Crippen molar-refractivity contribution in [2.75, 3.05) is 0 Å². The van der Waals surface area contributed by atoms with Crippen LogP contribution >= 0.6 is 23.2 Å². The molecule has 3 rings (SSSR count). The van der Waals surface area contributed by atoms with Crippen molar-refractivity contribution < 1.29 is 14.6 Å². The van der Waals surface area contributed by atoms with E-state index in [2.05, 4.69) is 11.8 Å². The van der Waals surface area contributed by atoms with E-state index in [9.17, 15) is 9.90 Å². The van der Waals surface area contributed by atoms with Crippen molar-refractivity contribution in [3.05, 3.63) is 69.8 Å². The Labute approximate surface area is 180 Å². The smallest absolute Gasteiger partial charge is 0.333 e. The summed E-state index contributed by atoms with van der Waals surface area (Å²) in [7, 11) is 0. The summed E-state index contributed by atoms with van der Waals surface area (Å²) in [6.45, 7) is 4.11. The number of hydrogen-bond donors (Lipinski definition) is 1. The van der Waals surface area contributed by atoms with Gasteiger partial charge in [0.2, 0.25) is 0 Å². The molecule has 0 aliphatic carbocycles. The zero-order chi connectivity index (χ0) is 21.0. The van der Waals surface area contributed by atoms with Crippen LogP contribution in [0, 0.1) is 11.8 Å². The van der Waals surface area contributed by atoms with Crippen molar-refractivity contribution in [2.45, 2.75) is 39.0 Å². The predicted octanol–water partition coefficient (Wildman–Crippen LogP) is 5.42. The summed E-state index contributed by atoms with van der Waals surface area (Å²) < 4.78 is 7.58. The zero-order valence-electron chi connectivity index (χ0n) is 16.2. The molecule has 0 fully saturated rings. The first-order valence-corrected chi connectivity index (χ1v) is 9.99. The van der Waals surface area contributed by atoms with Crippen LogP contribution in [0.3, 0.4) is 0 Å². The molecule has 0 saturated carbocycles. The molecule has 0 bridgehead atoms. The summed E-state index contributed by atoms with van der Waals surface area (Å²) >= 11 is 12.1. The van der Waals surface area contributed by atoms with Crippen LogP contribution in [0.4, 0.5) is 0 Å². The quantitative estimate of drug-likeness (QED) is 0.532. The summed E-state index contributed by atoms with van der Waals surface area (Å²) in [5.74, 6) is 5.23. The molecule has 1 unspecified atom stereocenters. The van der Waals surface area contributed by atoms with E-state index in [0.717, 1.165) is 16.5 Å². The van der Waals surface area contributed by atoms with Crippen LogP contribution in [-0.4, -0.2) is 27.9 Å². The molecule has 0 aliphatic heterocycles. The Morgan fingerprint density at radius 1 is 1.21 bits per heavy atom. The molecule has 0 saturated heterocycles. The number of fused-ring (bicyclic) bond motifs is 1. The van der Waals surface area contributed by atoms with Gasteiger partial charge in [0.05, 0.1) is 17.7 Å². The van der Waals surface area contributed by atoms with Gasteiger partial charge in [-0.15, -0.1) is 0 Å². The van der Waals surface area contributed by atoms with E-state index >= 15 is 0 Å². The Morgan fingerprint density at radius 2 is 1.97 bits per heavy atom. The summed E-state index contributed by atoms with van der Waals surface area (Å²) in [4.78, 5) is 11.6. The van der Waals surface area contributed by atoms with Gasteiger partial charge in [-0.2, -0.15) is 0 Å². The number of carbonyl (C=O) groups is 1. The molecule has 0 radical (unpaired) electrons. The largest absolute Gasteiger partial charge is 0.479 e. The average Bonchev–Trinajstić information content (AvgIpc) is 3.00. The first-order valence-electron chi connectivity index (χ1n) is 9.24. The fourth-order valence-corrected chi connectivity index (χ4v) is 3.60. The van der Waals surface area contributed by atoms with Crippen molar-refractivity contribution in [1.82, 2.24) is 4.57 Å². The molecule has 29 heavy (non-hydrogen) atoms. The van der Waals surface area contributed by atoms with E-state index in [4.69, 9.17) is 27.9 Å². The molecule has 2 aromatic carbocycles. The second kappa shape index (κ2) is 9.37. The molecule has 1 aromatic heterocycles. The number of rotatable bonds is 6. The SMILES string of the molecule is CC(C)OC(Cc1cn(CC#Cc2ccc(Cl)cc2Cl)c2ccccc12)C(=O)O. The van der Waals surface area contributed by atoms with Crippen molar-refractivity contribution in [3.8, 4) is 11.8 Å². The number of halogens is 2. The predicted molar refractivity (Wildman–Crippen MR) is 117 cm³/mol. The Morgan fingerprint density at radius 3 is 2.66 bits per heavy atom. The van der Waals surface area contributed by atoms with Crippen LogP contribution in [-0.2, 0) is 22.5 Å². The Kier molecular flexibility index (Phi) is 6.87. The number of aromatic nitrogens is 1. The molecule has 6 heteroatoms. The normalized spacial score (nSPS) is 12.0. The van der Waals surface area contributed by atoms with Gasteiger partial charge in [-0.1, -0.05) is 53.2 Å². The van der Waals surface area contributed by atoms with Gasteiger partial charge in [-0.3, -0.25) is 0 Å². The second-order valence-corrected chi connectivity index (χ2v) is 7.78. The molecular weight excluding hydrogens is 409 g/mol. The van der Waals surface area contributed by atoms with Gasteiger partial charge in [0.25, 0.3) is 0 Å². The van der Waals surface area contributed by atoms with Crippen LogP contribution in [0.1, 0.15) is 25.0 Å². The number of benzene rings is 2. The number of hydrogen-bond acceptors (Lipinski definition) is 2. The Balaban J connectivity index is 1.88. The van der Waals surface area contributed by atoms with Crippen LogP contribution in [0.15, 0.2) is 48.7 Å². The van der Waals surface area contributed by atoms with Crippen molar-refractivity contribution >= 4 is 40.1 Å². The van der Waals surface area contributed by atoms with Gasteiger partial charge < -0.3 is 14.4 Å². The van der Waals surface area contributed by atoms with E-state index in [0.29, 0.717) is 22.2 Å². The molecule has 0 spiro atoms.